The van der Waals surface area contributed by atoms with Crippen molar-refractivity contribution in [1.82, 2.24) is 14.4 Å². The van der Waals surface area contributed by atoms with Crippen molar-refractivity contribution in [3.8, 4) is 5.69 Å². The zero-order valence-corrected chi connectivity index (χ0v) is 14.9. The quantitative estimate of drug-likeness (QED) is 0.770. The molecule has 0 spiro atoms. The van der Waals surface area contributed by atoms with Crippen LogP contribution in [0.5, 0.6) is 0 Å². The van der Waals surface area contributed by atoms with Gasteiger partial charge in [-0.2, -0.15) is 0 Å². The molecule has 1 fully saturated rings. The molecule has 1 aromatic carbocycles. The molecule has 3 rings (SSSR count). The van der Waals surface area contributed by atoms with Gasteiger partial charge >= 0.3 is 0 Å². The van der Waals surface area contributed by atoms with Gasteiger partial charge in [-0.05, 0) is 42.8 Å². The van der Waals surface area contributed by atoms with Gasteiger partial charge in [0, 0.05) is 62.1 Å². The van der Waals surface area contributed by atoms with Crippen LogP contribution in [-0.4, -0.2) is 58.2 Å². The second-order valence-electron chi connectivity index (χ2n) is 6.10. The number of carbonyl (C=O) groups is 2. The highest BCUT2D eigenvalue weighted by Gasteiger charge is 2.24. The van der Waals surface area contributed by atoms with E-state index in [1.807, 2.05) is 63.2 Å². The molecular formula is C19H22ClN3O2. The van der Waals surface area contributed by atoms with Crippen LogP contribution in [0, 0.1) is 0 Å². The lowest BCUT2D eigenvalue weighted by atomic mass is 10.1. The van der Waals surface area contributed by atoms with Gasteiger partial charge in [0.2, 0.25) is 5.91 Å². The van der Waals surface area contributed by atoms with Crippen LogP contribution in [0.3, 0.4) is 0 Å². The van der Waals surface area contributed by atoms with E-state index < -0.39 is 0 Å². The Bertz CT molecular complexity index is 705. The van der Waals surface area contributed by atoms with Gasteiger partial charge in [0.15, 0.2) is 0 Å². The smallest absolute Gasteiger partial charge is 0.253 e. The Morgan fingerprint density at radius 2 is 1.52 bits per heavy atom. The summed E-state index contributed by atoms with van der Waals surface area (Å²) in [6, 6.07) is 11.5. The molecule has 1 aliphatic heterocycles. The zero-order valence-electron chi connectivity index (χ0n) is 14.1. The molecule has 1 saturated heterocycles. The van der Waals surface area contributed by atoms with Crippen LogP contribution < -0.4 is 0 Å². The molecule has 25 heavy (non-hydrogen) atoms. The van der Waals surface area contributed by atoms with Crippen LogP contribution in [-0.2, 0) is 4.79 Å². The summed E-state index contributed by atoms with van der Waals surface area (Å²) < 4.78 is 2.00. The lowest BCUT2D eigenvalue weighted by Crippen LogP contribution is -2.50. The monoisotopic (exact) mass is 359 g/mol. The Balaban J connectivity index is 1.56. The topological polar surface area (TPSA) is 45.6 Å². The summed E-state index contributed by atoms with van der Waals surface area (Å²) in [5, 5.41) is 0. The highest BCUT2D eigenvalue weighted by Crippen LogP contribution is 2.14. The summed E-state index contributed by atoms with van der Waals surface area (Å²) in [5.74, 6) is 0.652. The number of halogens is 1. The fourth-order valence-electron chi connectivity index (χ4n) is 3.00. The number of rotatable bonds is 5. The van der Waals surface area contributed by atoms with Crippen molar-refractivity contribution in [2.24, 2.45) is 0 Å². The van der Waals surface area contributed by atoms with Gasteiger partial charge < -0.3 is 14.4 Å². The van der Waals surface area contributed by atoms with E-state index in [0.29, 0.717) is 50.5 Å². The Kier molecular flexibility index (Phi) is 5.76. The first-order valence-electron chi connectivity index (χ1n) is 8.55. The Hall–Kier alpha value is -2.27. The van der Waals surface area contributed by atoms with Crippen LogP contribution in [0.25, 0.3) is 5.69 Å². The Labute approximate surface area is 152 Å². The largest absolute Gasteiger partial charge is 0.339 e. The zero-order chi connectivity index (χ0) is 17.6. The molecule has 2 amide bonds. The third kappa shape index (κ3) is 4.23. The second kappa shape index (κ2) is 8.21. The molecule has 0 radical (unpaired) electrons. The molecule has 0 saturated carbocycles. The molecule has 6 heteroatoms. The first-order valence-corrected chi connectivity index (χ1v) is 9.09. The van der Waals surface area contributed by atoms with Crippen molar-refractivity contribution in [3.63, 3.8) is 0 Å². The minimum Gasteiger partial charge on any atom is -0.339 e. The van der Waals surface area contributed by atoms with Crippen LogP contribution in [0.1, 0.15) is 23.2 Å². The molecule has 0 atom stereocenters. The lowest BCUT2D eigenvalue weighted by molar-refractivity contribution is -0.132. The molecule has 0 aliphatic carbocycles. The number of hydrogen-bond acceptors (Lipinski definition) is 2. The van der Waals surface area contributed by atoms with Gasteiger partial charge in [-0.15, -0.1) is 11.6 Å². The van der Waals surface area contributed by atoms with E-state index in [-0.39, 0.29) is 11.8 Å². The van der Waals surface area contributed by atoms with Crippen LogP contribution in [0.15, 0.2) is 48.8 Å². The molecule has 2 heterocycles. The summed E-state index contributed by atoms with van der Waals surface area (Å²) in [7, 11) is 0. The van der Waals surface area contributed by atoms with E-state index in [4.69, 9.17) is 11.6 Å². The van der Waals surface area contributed by atoms with E-state index in [2.05, 4.69) is 0 Å². The number of nitrogens with zero attached hydrogens (tertiary/aromatic N) is 3. The molecule has 0 unspecified atom stereocenters. The number of carbonyl (C=O) groups excluding carboxylic acids is 2. The van der Waals surface area contributed by atoms with Crippen molar-refractivity contribution in [1.29, 1.82) is 0 Å². The fourth-order valence-corrected chi connectivity index (χ4v) is 3.13. The normalized spacial score (nSPS) is 14.6. The van der Waals surface area contributed by atoms with Crippen molar-refractivity contribution < 1.29 is 9.59 Å². The Morgan fingerprint density at radius 3 is 2.12 bits per heavy atom. The first kappa shape index (κ1) is 17.5. The van der Waals surface area contributed by atoms with Crippen molar-refractivity contribution in [3.05, 3.63) is 54.4 Å². The summed E-state index contributed by atoms with van der Waals surface area (Å²) in [6.45, 7) is 2.33. The first-order chi connectivity index (χ1) is 12.2. The number of benzene rings is 1. The van der Waals surface area contributed by atoms with Gasteiger partial charge in [0.05, 0.1) is 0 Å². The maximum absolute atomic E-state index is 12.6. The van der Waals surface area contributed by atoms with Gasteiger partial charge in [-0.1, -0.05) is 0 Å². The van der Waals surface area contributed by atoms with Crippen LogP contribution in [0.2, 0.25) is 0 Å². The van der Waals surface area contributed by atoms with Crippen molar-refractivity contribution in [2.75, 3.05) is 32.1 Å². The summed E-state index contributed by atoms with van der Waals surface area (Å²) in [6.07, 6.45) is 5.13. The fraction of sp³-hybridized carbons (Fsp3) is 0.368. The highest BCUT2D eigenvalue weighted by molar-refractivity contribution is 6.17. The van der Waals surface area contributed by atoms with Crippen LogP contribution >= 0.6 is 11.6 Å². The Morgan fingerprint density at radius 1 is 0.920 bits per heavy atom. The second-order valence-corrected chi connectivity index (χ2v) is 6.48. The van der Waals surface area contributed by atoms with E-state index in [0.717, 1.165) is 5.69 Å². The molecule has 5 nitrogen and oxygen atoms in total. The molecule has 1 aliphatic rings. The molecule has 2 aromatic rings. The molecule has 132 valence electrons. The number of piperazine rings is 1. The summed E-state index contributed by atoms with van der Waals surface area (Å²) in [5.41, 5.74) is 1.70. The van der Waals surface area contributed by atoms with Crippen LogP contribution in [0.4, 0.5) is 0 Å². The van der Waals surface area contributed by atoms with E-state index in [9.17, 15) is 9.59 Å². The third-order valence-electron chi connectivity index (χ3n) is 4.46. The maximum Gasteiger partial charge on any atom is 0.253 e. The van der Waals surface area contributed by atoms with E-state index in [1.54, 1.807) is 0 Å². The minimum atomic E-state index is 0.0203. The van der Waals surface area contributed by atoms with Crippen molar-refractivity contribution in [2.45, 2.75) is 12.8 Å². The summed E-state index contributed by atoms with van der Waals surface area (Å²) >= 11 is 5.64. The third-order valence-corrected chi connectivity index (χ3v) is 4.73. The molecule has 0 bridgehead atoms. The number of hydrogen-bond donors (Lipinski definition) is 0. The number of alkyl halides is 1. The molecular weight excluding hydrogens is 338 g/mol. The lowest BCUT2D eigenvalue weighted by Gasteiger charge is -2.35. The average Bonchev–Trinajstić information content (AvgIpc) is 3.20. The van der Waals surface area contributed by atoms with E-state index >= 15 is 0 Å². The summed E-state index contributed by atoms with van der Waals surface area (Å²) in [4.78, 5) is 28.3. The predicted octanol–water partition coefficient (Wildman–Crippen LogP) is 2.78. The minimum absolute atomic E-state index is 0.0203. The predicted molar refractivity (Wildman–Crippen MR) is 98.2 cm³/mol. The number of amides is 2. The number of aromatic nitrogens is 1. The molecule has 1 aromatic heterocycles. The molecule has 0 N–H and O–H groups in total. The van der Waals surface area contributed by atoms with Gasteiger partial charge in [0.1, 0.15) is 0 Å². The SMILES string of the molecule is O=C(CCCCl)N1CCN(C(=O)c2ccc(-n3cccc3)cc2)CC1. The average molecular weight is 360 g/mol. The van der Waals surface area contributed by atoms with Crippen molar-refractivity contribution >= 4 is 23.4 Å². The van der Waals surface area contributed by atoms with Gasteiger partial charge in [0.25, 0.3) is 5.91 Å². The maximum atomic E-state index is 12.6. The van der Waals surface area contributed by atoms with Gasteiger partial charge in [-0.25, -0.2) is 0 Å². The standard InChI is InChI=1S/C19H22ClN3O2/c20-9-3-4-18(24)22-12-14-23(15-13-22)19(25)16-5-7-17(8-6-16)21-10-1-2-11-21/h1-2,5-8,10-11H,3-4,9,12-15H2. The van der Waals surface area contributed by atoms with Gasteiger partial charge in [-0.3, -0.25) is 9.59 Å². The van der Waals surface area contributed by atoms with E-state index in [1.165, 1.54) is 0 Å². The highest BCUT2D eigenvalue weighted by atomic mass is 35.5.